The number of para-hydroxylation sites is 4. The fourth-order valence-electron chi connectivity index (χ4n) is 18.9. The summed E-state index contributed by atoms with van der Waals surface area (Å²) < 4.78 is 13.6. The summed E-state index contributed by atoms with van der Waals surface area (Å²) in [6, 6.07) is 141. The van der Waals surface area contributed by atoms with Gasteiger partial charge >= 0.3 is 0 Å². The number of rotatable bonds is 11. The predicted molar refractivity (Wildman–Crippen MR) is 433 cm³/mol. The molecular formula is C102H63N3O2. The third-order valence-corrected chi connectivity index (χ3v) is 23.4. The highest BCUT2D eigenvalue weighted by molar-refractivity contribution is 6.11. The number of hydrogen-bond donors (Lipinski definition) is 0. The molecule has 3 aliphatic rings. The molecule has 3 heterocycles. The summed E-state index contributed by atoms with van der Waals surface area (Å²) in [5, 5.41) is 4.41. The Morgan fingerprint density at radius 1 is 0.178 bits per heavy atom. The number of hydrogen-bond acceptors (Lipinski definition) is 5. The maximum atomic E-state index is 6.78. The largest absolute Gasteiger partial charge is 0.455 e. The summed E-state index contributed by atoms with van der Waals surface area (Å²) >= 11 is 0. The van der Waals surface area contributed by atoms with Crippen LogP contribution in [0.4, 0.5) is 0 Å². The van der Waals surface area contributed by atoms with E-state index in [9.17, 15) is 0 Å². The first-order valence-electron chi connectivity index (χ1n) is 36.8. The van der Waals surface area contributed by atoms with E-state index in [4.69, 9.17) is 23.8 Å². The lowest BCUT2D eigenvalue weighted by molar-refractivity contribution is 0.669. The van der Waals surface area contributed by atoms with Crippen molar-refractivity contribution in [1.29, 1.82) is 0 Å². The maximum absolute atomic E-state index is 6.78. The Labute approximate surface area is 618 Å². The second-order valence-electron chi connectivity index (χ2n) is 28.7. The molecule has 0 saturated carbocycles. The van der Waals surface area contributed by atoms with E-state index in [1.54, 1.807) is 0 Å². The molecule has 19 aromatic rings. The van der Waals surface area contributed by atoms with Crippen molar-refractivity contribution >= 4 is 43.9 Å². The molecule has 107 heavy (non-hydrogen) atoms. The molecule has 0 unspecified atom stereocenters. The van der Waals surface area contributed by atoms with Crippen LogP contribution < -0.4 is 0 Å². The van der Waals surface area contributed by atoms with Crippen LogP contribution in [0.5, 0.6) is 0 Å². The van der Waals surface area contributed by atoms with Crippen molar-refractivity contribution in [3.63, 3.8) is 0 Å². The minimum atomic E-state index is -0.929. The van der Waals surface area contributed by atoms with Crippen molar-refractivity contribution < 1.29 is 8.83 Å². The van der Waals surface area contributed by atoms with Crippen LogP contribution >= 0.6 is 0 Å². The molecule has 0 radical (unpaired) electrons. The van der Waals surface area contributed by atoms with Crippen LogP contribution in [0.1, 0.15) is 66.8 Å². The monoisotopic (exact) mass is 1360 g/mol. The fraction of sp³-hybridized carbons (Fsp3) is 0.0294. The van der Waals surface area contributed by atoms with Gasteiger partial charge in [0.15, 0.2) is 17.5 Å². The molecule has 0 amide bonds. The smallest absolute Gasteiger partial charge is 0.164 e. The van der Waals surface area contributed by atoms with Gasteiger partial charge in [0, 0.05) is 49.4 Å². The second kappa shape index (κ2) is 23.6. The van der Waals surface area contributed by atoms with Crippen LogP contribution in [0, 0.1) is 0 Å². The number of benzene rings is 16. The summed E-state index contributed by atoms with van der Waals surface area (Å²) in [5.41, 5.74) is 29.1. The minimum absolute atomic E-state index is 0.594. The van der Waals surface area contributed by atoms with Crippen molar-refractivity contribution in [1.82, 2.24) is 15.0 Å². The average Bonchev–Trinajstić information content (AvgIpc) is 1.53. The van der Waals surface area contributed by atoms with Gasteiger partial charge in [0.25, 0.3) is 0 Å². The molecule has 0 bridgehead atoms. The van der Waals surface area contributed by atoms with E-state index in [0.717, 1.165) is 116 Å². The predicted octanol–water partition coefficient (Wildman–Crippen LogP) is 25.1. The lowest BCUT2D eigenvalue weighted by Gasteiger charge is -2.41. The van der Waals surface area contributed by atoms with Crippen LogP contribution in [0.15, 0.2) is 391 Å². The minimum Gasteiger partial charge on any atom is -0.455 e. The molecule has 3 aliphatic carbocycles. The molecule has 0 atom stereocenters. The number of fused-ring (bicyclic) bond motifs is 15. The molecule has 5 nitrogen and oxygen atoms in total. The Hall–Kier alpha value is -13.9. The summed E-state index contributed by atoms with van der Waals surface area (Å²) in [5.74, 6) is 1.82. The molecule has 0 spiro atoms. The molecular weight excluding hydrogens is 1300 g/mol. The lowest BCUT2D eigenvalue weighted by Crippen LogP contribution is -2.35. The zero-order valence-corrected chi connectivity index (χ0v) is 58.0. The maximum Gasteiger partial charge on any atom is 0.164 e. The van der Waals surface area contributed by atoms with E-state index in [0.29, 0.717) is 17.5 Å². The Bertz CT molecular complexity index is 6340. The van der Waals surface area contributed by atoms with Crippen molar-refractivity contribution in [3.05, 3.63) is 449 Å². The highest BCUT2D eigenvalue weighted by atomic mass is 16.3. The van der Waals surface area contributed by atoms with Gasteiger partial charge in [-0.2, -0.15) is 0 Å². The van der Waals surface area contributed by atoms with Crippen molar-refractivity contribution in [2.24, 2.45) is 0 Å². The molecule has 0 saturated heterocycles. The van der Waals surface area contributed by atoms with Crippen LogP contribution in [-0.4, -0.2) is 15.0 Å². The van der Waals surface area contributed by atoms with Gasteiger partial charge < -0.3 is 8.83 Å². The Balaban J connectivity index is 0.847. The number of aromatic nitrogens is 3. The highest BCUT2D eigenvalue weighted by Crippen LogP contribution is 2.63. The van der Waals surface area contributed by atoms with Crippen LogP contribution in [0.25, 0.3) is 134 Å². The summed E-state index contributed by atoms with van der Waals surface area (Å²) in [6.45, 7) is 0. The van der Waals surface area contributed by atoms with Gasteiger partial charge in [0.05, 0.1) is 16.2 Å². The van der Waals surface area contributed by atoms with Gasteiger partial charge in [-0.05, 0) is 123 Å². The van der Waals surface area contributed by atoms with Crippen LogP contribution in [0.2, 0.25) is 0 Å². The molecule has 22 rings (SSSR count). The normalized spacial score (nSPS) is 13.8. The zero-order chi connectivity index (χ0) is 70.4. The van der Waals surface area contributed by atoms with Crippen molar-refractivity contribution in [3.8, 4) is 89.8 Å². The van der Waals surface area contributed by atoms with Gasteiger partial charge in [-0.25, -0.2) is 15.0 Å². The summed E-state index contributed by atoms with van der Waals surface area (Å²) in [4.78, 5) is 15.7. The Morgan fingerprint density at radius 2 is 0.421 bits per heavy atom. The van der Waals surface area contributed by atoms with Crippen LogP contribution in [-0.2, 0) is 16.2 Å². The molecule has 0 N–H and O–H groups in total. The third kappa shape index (κ3) is 8.77. The first kappa shape index (κ1) is 60.7. The molecule has 5 heteroatoms. The van der Waals surface area contributed by atoms with Crippen molar-refractivity contribution in [2.75, 3.05) is 0 Å². The van der Waals surface area contributed by atoms with E-state index >= 15 is 0 Å². The van der Waals surface area contributed by atoms with E-state index in [2.05, 4.69) is 334 Å². The van der Waals surface area contributed by atoms with Gasteiger partial charge in [-0.3, -0.25) is 0 Å². The van der Waals surface area contributed by atoms with E-state index in [1.165, 1.54) is 66.8 Å². The quantitative estimate of drug-likeness (QED) is 0.129. The molecule has 3 aromatic heterocycles. The average molecular weight is 1360 g/mol. The summed E-state index contributed by atoms with van der Waals surface area (Å²) in [7, 11) is 0. The standard InChI is InChI=1S/C102H63N3O2/c1-3-25-66(26-4-1)97-103-98(67-27-5-2-6-28-67)105-99(104-97)68-53-59-71(60-54-68)102(91-45-19-11-33-81(91)82-34-12-20-46-92(82)102)74-62-72(100(87-41-15-7-29-77(87)78-30-8-16-42-88(78)100)69-55-49-64(50-56-69)75-37-23-39-85-83-35-13-21-47-93(83)106-95(75)85)61-73(63-74)101(89-43-17-9-31-79(89)80-32-10-18-44-90(80)101)70-57-51-65(52-58-70)76-38-24-40-86-84-36-14-22-48-94(84)107-96(76)86/h1-63H. The van der Waals surface area contributed by atoms with E-state index < -0.39 is 16.2 Å². The van der Waals surface area contributed by atoms with Gasteiger partial charge in [-0.15, -0.1) is 0 Å². The molecule has 0 fully saturated rings. The van der Waals surface area contributed by atoms with Crippen molar-refractivity contribution in [2.45, 2.75) is 16.2 Å². The number of nitrogens with zero attached hydrogens (tertiary/aromatic N) is 3. The lowest BCUT2D eigenvalue weighted by atomic mass is 9.60. The van der Waals surface area contributed by atoms with Gasteiger partial charge in [0.2, 0.25) is 0 Å². The third-order valence-electron chi connectivity index (χ3n) is 23.4. The van der Waals surface area contributed by atoms with Crippen LogP contribution in [0.3, 0.4) is 0 Å². The molecule has 0 aliphatic heterocycles. The van der Waals surface area contributed by atoms with Gasteiger partial charge in [-0.1, -0.05) is 370 Å². The second-order valence-corrected chi connectivity index (χ2v) is 28.7. The number of furan rings is 2. The summed E-state index contributed by atoms with van der Waals surface area (Å²) in [6.07, 6.45) is 0. The Morgan fingerprint density at radius 3 is 0.738 bits per heavy atom. The van der Waals surface area contributed by atoms with E-state index in [-0.39, 0.29) is 0 Å². The Kier molecular flexibility index (Phi) is 13.4. The molecule has 16 aromatic carbocycles. The first-order valence-corrected chi connectivity index (χ1v) is 36.8. The topological polar surface area (TPSA) is 65.0 Å². The SMILES string of the molecule is c1ccc(-c2nc(-c3ccccc3)nc(-c3ccc(C4(c5cc(C6(c7ccc(-c8cccc9c8oc8ccccc89)cc7)c7ccccc7-c7ccccc76)cc(C6(c7ccc(-c8cccc9c8oc8ccccc89)cc7)c7ccccc7-c7ccccc76)c5)c5ccccc5-c5ccccc54)cc3)n2)cc1. The fourth-order valence-corrected chi connectivity index (χ4v) is 18.9. The van der Waals surface area contributed by atoms with Gasteiger partial charge in [0.1, 0.15) is 22.3 Å². The zero-order valence-electron chi connectivity index (χ0n) is 58.0. The van der Waals surface area contributed by atoms with E-state index in [1.807, 2.05) is 48.5 Å². The first-order chi connectivity index (χ1) is 53.0. The molecule has 498 valence electrons. The highest BCUT2D eigenvalue weighted by Gasteiger charge is 2.53.